The number of nitrogens with zero attached hydrogens (tertiary/aromatic N) is 5. The highest BCUT2D eigenvalue weighted by Gasteiger charge is 2.50. The quantitative estimate of drug-likeness (QED) is 0.677. The number of rotatable bonds is 4. The molecule has 0 spiro atoms. The molecule has 1 aliphatic heterocycles. The molecule has 10 heteroatoms. The van der Waals surface area contributed by atoms with Crippen molar-refractivity contribution in [2.24, 2.45) is 10.7 Å². The topological polar surface area (TPSA) is 108 Å². The second-order valence-corrected chi connectivity index (χ2v) is 7.15. The Labute approximate surface area is 180 Å². The molecule has 2 N–H and O–H groups in total. The van der Waals surface area contributed by atoms with Crippen molar-refractivity contribution in [3.8, 4) is 17.2 Å². The van der Waals surface area contributed by atoms with E-state index in [2.05, 4.69) is 15.0 Å². The first-order chi connectivity index (χ1) is 15.3. The average Bonchev–Trinajstić information content (AvgIpc) is 3.05. The lowest BCUT2D eigenvalue weighted by atomic mass is 9.82. The predicted octanol–water partition coefficient (Wildman–Crippen LogP) is 2.79. The van der Waals surface area contributed by atoms with Gasteiger partial charge in [0.2, 0.25) is 0 Å². The number of pyridine rings is 2. The van der Waals surface area contributed by atoms with Crippen LogP contribution < -0.4 is 5.73 Å². The summed E-state index contributed by atoms with van der Waals surface area (Å²) in [5.74, 6) is -3.23. The first kappa shape index (κ1) is 21.0. The Morgan fingerprint density at radius 1 is 1.09 bits per heavy atom. The highest BCUT2D eigenvalue weighted by atomic mass is 19.2. The van der Waals surface area contributed by atoms with E-state index in [-0.39, 0.29) is 39.3 Å². The SMILES string of the molecule is CN1C(=O)C(c2cncc(CF)c2)(c2cc(F)c(F)c(-c3cncc(C#N)c3)c2)N=C1N. The first-order valence-electron chi connectivity index (χ1n) is 9.30. The van der Waals surface area contributed by atoms with Crippen LogP contribution in [0.5, 0.6) is 0 Å². The minimum absolute atomic E-state index is 0.0381. The van der Waals surface area contributed by atoms with Crippen molar-refractivity contribution >= 4 is 11.9 Å². The van der Waals surface area contributed by atoms with Crippen LogP contribution in [0.3, 0.4) is 0 Å². The lowest BCUT2D eigenvalue weighted by Gasteiger charge is -2.26. The number of guanidine groups is 1. The van der Waals surface area contributed by atoms with E-state index in [0.29, 0.717) is 0 Å². The van der Waals surface area contributed by atoms with Crippen molar-refractivity contribution in [1.82, 2.24) is 14.9 Å². The zero-order chi connectivity index (χ0) is 23.0. The summed E-state index contributed by atoms with van der Waals surface area (Å²) in [6.07, 6.45) is 5.12. The number of aromatic nitrogens is 2. The predicted molar refractivity (Wildman–Crippen MR) is 109 cm³/mol. The number of halogens is 3. The third-order valence-corrected chi connectivity index (χ3v) is 5.23. The molecule has 7 nitrogen and oxygen atoms in total. The highest BCUT2D eigenvalue weighted by molar-refractivity contribution is 6.09. The molecule has 0 saturated heterocycles. The largest absolute Gasteiger partial charge is 0.369 e. The second kappa shape index (κ2) is 7.77. The Kier molecular flexibility index (Phi) is 5.10. The summed E-state index contributed by atoms with van der Waals surface area (Å²) in [7, 11) is 1.39. The van der Waals surface area contributed by atoms with Gasteiger partial charge in [0.05, 0.1) is 5.56 Å². The smallest absolute Gasteiger partial charge is 0.266 e. The number of amides is 1. The molecule has 0 radical (unpaired) electrons. The third-order valence-electron chi connectivity index (χ3n) is 5.23. The highest BCUT2D eigenvalue weighted by Crippen LogP contribution is 2.41. The van der Waals surface area contributed by atoms with Gasteiger partial charge >= 0.3 is 0 Å². The summed E-state index contributed by atoms with van der Waals surface area (Å²) in [6.45, 7) is -0.851. The summed E-state index contributed by atoms with van der Waals surface area (Å²) >= 11 is 0. The summed E-state index contributed by atoms with van der Waals surface area (Å²) in [5.41, 5.74) is 4.31. The monoisotopic (exact) mass is 436 g/mol. The molecule has 32 heavy (non-hydrogen) atoms. The van der Waals surface area contributed by atoms with Crippen LogP contribution in [0.15, 0.2) is 54.0 Å². The fourth-order valence-corrected chi connectivity index (χ4v) is 3.60. The van der Waals surface area contributed by atoms with Gasteiger partial charge in [0.15, 0.2) is 23.1 Å². The third kappa shape index (κ3) is 3.15. The van der Waals surface area contributed by atoms with Gasteiger partial charge < -0.3 is 5.73 Å². The van der Waals surface area contributed by atoms with Crippen LogP contribution >= 0.6 is 0 Å². The molecule has 2 aromatic heterocycles. The van der Waals surface area contributed by atoms with Crippen LogP contribution in [0.2, 0.25) is 0 Å². The van der Waals surface area contributed by atoms with Crippen molar-refractivity contribution in [1.29, 1.82) is 5.26 Å². The number of aliphatic imine (C=N–C) groups is 1. The number of nitriles is 1. The van der Waals surface area contributed by atoms with Gasteiger partial charge in [0, 0.05) is 54.1 Å². The number of likely N-dealkylation sites (N-methyl/N-ethyl adjacent to an activating group) is 1. The van der Waals surface area contributed by atoms with Gasteiger partial charge in [-0.1, -0.05) is 0 Å². The maximum absolute atomic E-state index is 14.8. The van der Waals surface area contributed by atoms with Crippen LogP contribution in [0.4, 0.5) is 13.2 Å². The van der Waals surface area contributed by atoms with Crippen LogP contribution in [-0.2, 0) is 17.0 Å². The first-order valence-corrected chi connectivity index (χ1v) is 9.30. The standard InChI is InChI=1S/C22H15F3N6O/c1-31-20(32)22(30-21(31)27,16-3-12(6-23)8-29-11-16)15-4-17(19(25)18(24)5-15)14-2-13(7-26)9-28-10-14/h2-5,8-11H,6H2,1H3,(H2,27,30). The molecule has 0 saturated carbocycles. The van der Waals surface area contributed by atoms with Gasteiger partial charge in [-0.2, -0.15) is 5.26 Å². The fraction of sp³-hybridized carbons (Fsp3) is 0.136. The maximum Gasteiger partial charge on any atom is 0.266 e. The lowest BCUT2D eigenvalue weighted by Crippen LogP contribution is -2.41. The maximum atomic E-state index is 14.8. The zero-order valence-electron chi connectivity index (χ0n) is 16.7. The number of hydrogen-bond acceptors (Lipinski definition) is 6. The van der Waals surface area contributed by atoms with E-state index in [1.807, 2.05) is 6.07 Å². The van der Waals surface area contributed by atoms with Crippen molar-refractivity contribution in [3.63, 3.8) is 0 Å². The van der Waals surface area contributed by atoms with Crippen LogP contribution in [0.25, 0.3) is 11.1 Å². The average molecular weight is 436 g/mol. The molecule has 0 bridgehead atoms. The van der Waals surface area contributed by atoms with Crippen molar-refractivity contribution in [2.45, 2.75) is 12.2 Å². The Balaban J connectivity index is 2.02. The Morgan fingerprint density at radius 3 is 2.50 bits per heavy atom. The molecule has 1 aromatic carbocycles. The number of carbonyl (C=O) groups is 1. The van der Waals surface area contributed by atoms with Gasteiger partial charge in [-0.05, 0) is 29.8 Å². The van der Waals surface area contributed by atoms with Crippen molar-refractivity contribution in [3.05, 3.63) is 82.9 Å². The summed E-state index contributed by atoms with van der Waals surface area (Å²) in [4.78, 5) is 26.5. The zero-order valence-corrected chi connectivity index (χ0v) is 16.7. The molecule has 3 heterocycles. The molecular weight excluding hydrogens is 421 g/mol. The van der Waals surface area contributed by atoms with Gasteiger partial charge in [-0.25, -0.2) is 18.2 Å². The molecule has 1 atom stereocenters. The van der Waals surface area contributed by atoms with Gasteiger partial charge in [-0.15, -0.1) is 0 Å². The minimum Gasteiger partial charge on any atom is -0.369 e. The normalized spacial score (nSPS) is 17.9. The van der Waals surface area contributed by atoms with Crippen molar-refractivity contribution in [2.75, 3.05) is 7.05 Å². The molecule has 3 aromatic rings. The van der Waals surface area contributed by atoms with E-state index in [1.165, 1.54) is 50.0 Å². The minimum atomic E-state index is -1.90. The van der Waals surface area contributed by atoms with Crippen LogP contribution in [0, 0.1) is 23.0 Å². The molecule has 4 rings (SSSR count). The number of carbonyl (C=O) groups excluding carboxylic acids is 1. The summed E-state index contributed by atoms with van der Waals surface area (Å²) < 4.78 is 42.9. The van der Waals surface area contributed by atoms with E-state index >= 15 is 0 Å². The van der Waals surface area contributed by atoms with Gasteiger partial charge in [0.25, 0.3) is 5.91 Å². The number of benzene rings is 1. The van der Waals surface area contributed by atoms with Gasteiger partial charge in [-0.3, -0.25) is 19.7 Å². The van der Waals surface area contributed by atoms with E-state index in [0.717, 1.165) is 11.0 Å². The Morgan fingerprint density at radius 2 is 1.84 bits per heavy atom. The van der Waals surface area contributed by atoms with Crippen LogP contribution in [-0.4, -0.2) is 33.8 Å². The molecule has 1 aliphatic rings. The second-order valence-electron chi connectivity index (χ2n) is 7.15. The van der Waals surface area contributed by atoms with E-state index in [9.17, 15) is 18.0 Å². The summed E-state index contributed by atoms with van der Waals surface area (Å²) in [6, 6.07) is 6.68. The summed E-state index contributed by atoms with van der Waals surface area (Å²) in [5, 5.41) is 9.11. The molecule has 0 fully saturated rings. The Bertz CT molecular complexity index is 1320. The molecule has 1 amide bonds. The van der Waals surface area contributed by atoms with E-state index < -0.39 is 29.8 Å². The fourth-order valence-electron chi connectivity index (χ4n) is 3.60. The van der Waals surface area contributed by atoms with Crippen molar-refractivity contribution < 1.29 is 18.0 Å². The Hall–Kier alpha value is -4.26. The molecule has 0 aliphatic carbocycles. The lowest BCUT2D eigenvalue weighted by molar-refractivity contribution is -0.129. The number of nitrogens with two attached hydrogens (primary N) is 1. The van der Waals surface area contributed by atoms with Crippen LogP contribution in [0.1, 0.15) is 22.3 Å². The number of alkyl halides is 1. The van der Waals surface area contributed by atoms with E-state index in [1.54, 1.807) is 0 Å². The molecule has 1 unspecified atom stereocenters. The molecule has 160 valence electrons. The molecular formula is C22H15F3N6O. The number of hydrogen-bond donors (Lipinski definition) is 1. The van der Waals surface area contributed by atoms with Gasteiger partial charge in [0.1, 0.15) is 12.7 Å². The van der Waals surface area contributed by atoms with E-state index in [4.69, 9.17) is 11.0 Å².